The Labute approximate surface area is 236 Å². The number of anilines is 3. The van der Waals surface area contributed by atoms with E-state index < -0.39 is 11.7 Å². The van der Waals surface area contributed by atoms with Gasteiger partial charge >= 0.3 is 6.18 Å². The molecule has 5 rings (SSSR count). The average molecular weight is 587 g/mol. The molecule has 5 heterocycles. The van der Waals surface area contributed by atoms with Gasteiger partial charge in [-0.05, 0) is 32.9 Å². The summed E-state index contributed by atoms with van der Waals surface area (Å²) in [5.74, 6) is 0.560. The normalized spacial score (nSPS) is 16.1. The van der Waals surface area contributed by atoms with E-state index in [1.54, 1.807) is 33.3 Å². The van der Waals surface area contributed by atoms with Gasteiger partial charge in [-0.3, -0.25) is 4.79 Å². The van der Waals surface area contributed by atoms with Crippen LogP contribution in [0.5, 0.6) is 0 Å². The topological polar surface area (TPSA) is 100 Å². The Balaban J connectivity index is 1.24. The smallest absolute Gasteiger partial charge is 0.337 e. The molecule has 0 spiro atoms. The first-order valence-corrected chi connectivity index (χ1v) is 14.0. The lowest BCUT2D eigenvalue weighted by Gasteiger charge is -2.40. The van der Waals surface area contributed by atoms with E-state index in [1.807, 2.05) is 38.3 Å². The second-order valence-corrected chi connectivity index (χ2v) is 11.1. The van der Waals surface area contributed by atoms with E-state index in [0.717, 1.165) is 33.7 Å². The number of pyridine rings is 1. The van der Waals surface area contributed by atoms with Gasteiger partial charge in [0.15, 0.2) is 5.13 Å². The maximum absolute atomic E-state index is 13.4. The van der Waals surface area contributed by atoms with Crippen LogP contribution in [0.15, 0.2) is 48.3 Å². The van der Waals surface area contributed by atoms with Crippen molar-refractivity contribution in [3.8, 4) is 10.6 Å². The summed E-state index contributed by atoms with van der Waals surface area (Å²) in [6.45, 7) is 6.85. The Kier molecular flexibility index (Phi) is 7.81. The van der Waals surface area contributed by atoms with Crippen LogP contribution >= 0.6 is 22.7 Å². The van der Waals surface area contributed by atoms with Crippen LogP contribution in [0.25, 0.3) is 10.6 Å². The predicted octanol–water partition coefficient (Wildman–Crippen LogP) is 5.74. The number of aryl methyl sites for hydroxylation is 2. The molecule has 0 radical (unpaired) electrons. The number of nitrogens with zero attached hydrogens (tertiary/aromatic N) is 7. The fraction of sp³-hybridized carbons (Fsp3) is 0.308. The van der Waals surface area contributed by atoms with Crippen LogP contribution in [-0.2, 0) is 6.18 Å². The van der Waals surface area contributed by atoms with E-state index in [-0.39, 0.29) is 17.9 Å². The van der Waals surface area contributed by atoms with Crippen molar-refractivity contribution in [2.75, 3.05) is 29.9 Å². The van der Waals surface area contributed by atoms with Gasteiger partial charge < -0.3 is 15.1 Å². The van der Waals surface area contributed by atoms with E-state index in [0.29, 0.717) is 36.1 Å². The van der Waals surface area contributed by atoms with Crippen LogP contribution in [0.1, 0.15) is 33.5 Å². The van der Waals surface area contributed by atoms with E-state index in [1.165, 1.54) is 17.5 Å². The number of allylic oxidation sites excluding steroid dienone is 1. The van der Waals surface area contributed by atoms with Crippen LogP contribution in [0.4, 0.5) is 30.1 Å². The van der Waals surface area contributed by atoms with Crippen molar-refractivity contribution >= 4 is 45.5 Å². The number of rotatable bonds is 6. The Bertz CT molecular complexity index is 1520. The molecule has 4 aromatic rings. The molecule has 0 aliphatic carbocycles. The summed E-state index contributed by atoms with van der Waals surface area (Å²) < 4.78 is 38.6. The molecule has 1 aliphatic rings. The molecule has 0 aromatic carbocycles. The average Bonchev–Trinajstić information content (AvgIpc) is 3.53. The summed E-state index contributed by atoms with van der Waals surface area (Å²) >= 11 is 3.06. The minimum Gasteiger partial charge on any atom is -0.337 e. The lowest BCUT2D eigenvalue weighted by Crippen LogP contribution is -2.55. The first-order chi connectivity index (χ1) is 19.1. The highest BCUT2D eigenvalue weighted by Crippen LogP contribution is 2.33. The monoisotopic (exact) mass is 586 g/mol. The zero-order chi connectivity index (χ0) is 28.4. The summed E-state index contributed by atoms with van der Waals surface area (Å²) in [5.41, 5.74) is 1.33. The van der Waals surface area contributed by atoms with Crippen molar-refractivity contribution in [1.29, 1.82) is 0 Å². The quantitative estimate of drug-likeness (QED) is 0.286. The number of aromatic nitrogens is 5. The fourth-order valence-electron chi connectivity index (χ4n) is 4.34. The molecule has 0 bridgehead atoms. The van der Waals surface area contributed by atoms with Crippen molar-refractivity contribution in [3.63, 3.8) is 0 Å². The molecule has 4 aromatic heterocycles. The Morgan fingerprint density at radius 1 is 1.10 bits per heavy atom. The Morgan fingerprint density at radius 2 is 1.88 bits per heavy atom. The van der Waals surface area contributed by atoms with Gasteiger partial charge in [0, 0.05) is 43.6 Å². The fourth-order valence-corrected chi connectivity index (χ4v) is 6.00. The zero-order valence-corrected chi connectivity index (χ0v) is 23.4. The minimum absolute atomic E-state index is 0.192. The number of thiazole rings is 2. The molecule has 1 aliphatic heterocycles. The Morgan fingerprint density at radius 3 is 2.50 bits per heavy atom. The molecule has 0 saturated carbocycles. The number of carbonyl (C=O) groups excluding carboxylic acids is 1. The number of alkyl halides is 3. The third-order valence-electron chi connectivity index (χ3n) is 6.23. The number of amides is 1. The Hall–Kier alpha value is -3.91. The minimum atomic E-state index is -4.50. The lowest BCUT2D eigenvalue weighted by molar-refractivity contribution is -0.138. The molecule has 1 fully saturated rings. The molecule has 1 atom stereocenters. The summed E-state index contributed by atoms with van der Waals surface area (Å²) in [4.78, 5) is 39.2. The molecule has 1 amide bonds. The molecule has 1 unspecified atom stereocenters. The highest BCUT2D eigenvalue weighted by molar-refractivity contribution is 7.16. The van der Waals surface area contributed by atoms with Crippen LogP contribution in [-0.4, -0.2) is 61.4 Å². The second kappa shape index (κ2) is 11.3. The molecule has 1 saturated heterocycles. The van der Waals surface area contributed by atoms with E-state index in [2.05, 4.69) is 30.2 Å². The van der Waals surface area contributed by atoms with Crippen molar-refractivity contribution in [2.24, 2.45) is 0 Å². The molecule has 14 heteroatoms. The number of hydrogen-bond acceptors (Lipinski definition) is 10. The molecular formula is C26H25F3N8OS2. The first kappa shape index (κ1) is 27.6. The largest absolute Gasteiger partial charge is 0.419 e. The number of nitrogens with one attached hydrogen (secondary N) is 1. The standard InChI is InChI=1S/C26H25F3N8OS2/c1-4-5-19-13-36(24-31-11-18(12-32-24)26(27,28)29)8-9-37(19)23(38)17-6-7-21(30-10-17)35-25-34-20(14-39-25)22-15(2)33-16(3)40-22/h4-7,10-12,14,19H,8-9,13H2,1-3H3,(H,30,34,35)/b5-4+. The summed E-state index contributed by atoms with van der Waals surface area (Å²) in [7, 11) is 0. The summed E-state index contributed by atoms with van der Waals surface area (Å²) in [6, 6.07) is 3.12. The van der Waals surface area contributed by atoms with Gasteiger partial charge in [-0.1, -0.05) is 12.2 Å². The van der Waals surface area contributed by atoms with Crippen molar-refractivity contribution in [3.05, 3.63) is 70.1 Å². The first-order valence-electron chi connectivity index (χ1n) is 12.3. The maximum Gasteiger partial charge on any atom is 0.419 e. The number of hydrogen-bond donors (Lipinski definition) is 1. The van der Waals surface area contributed by atoms with Gasteiger partial charge in [-0.2, -0.15) is 13.2 Å². The lowest BCUT2D eigenvalue weighted by atomic mass is 10.1. The number of carbonyl (C=O) groups is 1. The van der Waals surface area contributed by atoms with Crippen molar-refractivity contribution in [2.45, 2.75) is 33.0 Å². The van der Waals surface area contributed by atoms with Gasteiger partial charge in [0.2, 0.25) is 5.95 Å². The highest BCUT2D eigenvalue weighted by Gasteiger charge is 2.33. The molecule has 1 N–H and O–H groups in total. The SMILES string of the molecule is C/C=C/C1CN(c2ncc(C(F)(F)F)cn2)CCN1C(=O)c1ccc(Nc2nc(-c3sc(C)nc3C)cs2)nc1. The van der Waals surface area contributed by atoms with Crippen molar-refractivity contribution in [1.82, 2.24) is 29.8 Å². The molecule has 40 heavy (non-hydrogen) atoms. The van der Waals surface area contributed by atoms with E-state index in [4.69, 9.17) is 0 Å². The van der Waals surface area contributed by atoms with Crippen LogP contribution in [0.2, 0.25) is 0 Å². The molecule has 208 valence electrons. The number of piperazine rings is 1. The van der Waals surface area contributed by atoms with Gasteiger partial charge in [-0.15, -0.1) is 22.7 Å². The van der Waals surface area contributed by atoms with E-state index in [9.17, 15) is 18.0 Å². The highest BCUT2D eigenvalue weighted by atomic mass is 32.1. The second-order valence-electron chi connectivity index (χ2n) is 9.05. The van der Waals surface area contributed by atoms with Gasteiger partial charge in [0.25, 0.3) is 5.91 Å². The summed E-state index contributed by atoms with van der Waals surface area (Å²) in [5, 5.41) is 6.83. The zero-order valence-electron chi connectivity index (χ0n) is 21.8. The van der Waals surface area contributed by atoms with Crippen LogP contribution < -0.4 is 10.2 Å². The van der Waals surface area contributed by atoms with Crippen molar-refractivity contribution < 1.29 is 18.0 Å². The van der Waals surface area contributed by atoms with Gasteiger partial charge in [0.05, 0.1) is 38.4 Å². The van der Waals surface area contributed by atoms with Gasteiger partial charge in [-0.25, -0.2) is 24.9 Å². The van der Waals surface area contributed by atoms with E-state index >= 15 is 0 Å². The predicted molar refractivity (Wildman–Crippen MR) is 149 cm³/mol. The number of halogens is 3. The maximum atomic E-state index is 13.4. The van der Waals surface area contributed by atoms with Gasteiger partial charge in [0.1, 0.15) is 5.82 Å². The van der Waals surface area contributed by atoms with Crippen LogP contribution in [0.3, 0.4) is 0 Å². The molecular weight excluding hydrogens is 561 g/mol. The van der Waals surface area contributed by atoms with Crippen LogP contribution in [0, 0.1) is 13.8 Å². The third-order valence-corrected chi connectivity index (χ3v) is 8.08. The molecule has 9 nitrogen and oxygen atoms in total. The summed E-state index contributed by atoms with van der Waals surface area (Å²) in [6.07, 6.45) is 2.29. The third kappa shape index (κ3) is 5.97.